The van der Waals surface area contributed by atoms with Gasteiger partial charge >= 0.3 is 17.9 Å². The van der Waals surface area contributed by atoms with Gasteiger partial charge in [-0.2, -0.15) is 0 Å². The van der Waals surface area contributed by atoms with Gasteiger partial charge in [0, 0.05) is 19.3 Å². The topological polar surface area (TPSA) is 78.9 Å². The first-order chi connectivity index (χ1) is 32.8. The average Bonchev–Trinajstić information content (AvgIpc) is 3.31. The number of ether oxygens (including phenoxy) is 3. The molecule has 6 nitrogen and oxygen atoms in total. The van der Waals surface area contributed by atoms with Crippen molar-refractivity contribution < 1.29 is 28.6 Å². The molecule has 0 saturated carbocycles. The molecule has 0 aromatic heterocycles. The standard InChI is InChI=1S/C61H118O6/c1-6-8-9-10-11-12-13-14-15-16-17-18-22-25-31-36-41-46-51-59(62)65-54-58(55-66-60(63)52-47-42-37-32-28-27-29-34-39-44-49-56(3)4)67-61(64)53-48-43-38-33-26-23-20-19-21-24-30-35-40-45-50-57(5)7-2/h56-58H,6-55H2,1-5H3/t57?,58-/m1/s1. The molecule has 0 amide bonds. The lowest BCUT2D eigenvalue weighted by Crippen LogP contribution is -2.30. The molecule has 0 heterocycles. The molecule has 0 spiro atoms. The van der Waals surface area contributed by atoms with Gasteiger partial charge in [-0.15, -0.1) is 0 Å². The summed E-state index contributed by atoms with van der Waals surface area (Å²) in [5, 5.41) is 0. The zero-order chi connectivity index (χ0) is 48.9. The Labute approximate surface area is 418 Å². The zero-order valence-electron chi connectivity index (χ0n) is 46.0. The first-order valence-corrected chi connectivity index (χ1v) is 30.3. The maximum atomic E-state index is 12.9. The van der Waals surface area contributed by atoms with Crippen LogP contribution in [0, 0.1) is 11.8 Å². The van der Waals surface area contributed by atoms with E-state index in [1.54, 1.807) is 0 Å². The van der Waals surface area contributed by atoms with Gasteiger partial charge < -0.3 is 14.2 Å². The number of unbranched alkanes of at least 4 members (excludes halogenated alkanes) is 39. The minimum absolute atomic E-state index is 0.0625. The molecule has 0 rings (SSSR count). The van der Waals surface area contributed by atoms with Crippen molar-refractivity contribution in [2.45, 2.75) is 349 Å². The summed E-state index contributed by atoms with van der Waals surface area (Å²) in [6.07, 6.45) is 58.1. The third-order valence-corrected chi connectivity index (χ3v) is 14.3. The highest BCUT2D eigenvalue weighted by atomic mass is 16.6. The van der Waals surface area contributed by atoms with Gasteiger partial charge in [0.15, 0.2) is 6.10 Å². The zero-order valence-corrected chi connectivity index (χ0v) is 46.0. The van der Waals surface area contributed by atoms with Crippen LogP contribution in [0.4, 0.5) is 0 Å². The Morgan fingerprint density at radius 3 is 0.851 bits per heavy atom. The molecule has 398 valence electrons. The molecular formula is C61H118O6. The van der Waals surface area contributed by atoms with Crippen LogP contribution in [0.5, 0.6) is 0 Å². The van der Waals surface area contributed by atoms with Crippen LogP contribution in [0.3, 0.4) is 0 Å². The molecule has 0 N–H and O–H groups in total. The van der Waals surface area contributed by atoms with Crippen LogP contribution in [0.25, 0.3) is 0 Å². The molecule has 0 saturated heterocycles. The minimum Gasteiger partial charge on any atom is -0.462 e. The number of hydrogen-bond acceptors (Lipinski definition) is 6. The fourth-order valence-electron chi connectivity index (χ4n) is 9.37. The van der Waals surface area contributed by atoms with E-state index in [1.807, 2.05) is 0 Å². The molecule has 0 aliphatic heterocycles. The monoisotopic (exact) mass is 947 g/mol. The lowest BCUT2D eigenvalue weighted by atomic mass is 9.99. The van der Waals surface area contributed by atoms with Gasteiger partial charge in [-0.25, -0.2) is 0 Å². The van der Waals surface area contributed by atoms with E-state index < -0.39 is 6.10 Å². The van der Waals surface area contributed by atoms with E-state index in [2.05, 4.69) is 34.6 Å². The van der Waals surface area contributed by atoms with Crippen molar-refractivity contribution in [2.24, 2.45) is 11.8 Å². The highest BCUT2D eigenvalue weighted by Crippen LogP contribution is 2.19. The molecule has 2 atom stereocenters. The SMILES string of the molecule is CCCCCCCCCCCCCCCCCCCCC(=O)OC[C@H](COC(=O)CCCCCCCCCCCCC(C)C)OC(=O)CCCCCCCCCCCCCCCCC(C)CC. The number of hydrogen-bond donors (Lipinski definition) is 0. The second-order valence-electron chi connectivity index (χ2n) is 21.7. The lowest BCUT2D eigenvalue weighted by molar-refractivity contribution is -0.167. The molecule has 0 aromatic carbocycles. The number of esters is 3. The first-order valence-electron chi connectivity index (χ1n) is 30.3. The van der Waals surface area contributed by atoms with Gasteiger partial charge in [0.2, 0.25) is 0 Å². The largest absolute Gasteiger partial charge is 0.462 e. The molecule has 0 aromatic rings. The quantitative estimate of drug-likeness (QED) is 0.0343. The van der Waals surface area contributed by atoms with E-state index in [-0.39, 0.29) is 31.1 Å². The number of rotatable bonds is 55. The first kappa shape index (κ1) is 65.4. The smallest absolute Gasteiger partial charge is 0.306 e. The van der Waals surface area contributed by atoms with Gasteiger partial charge in [0.05, 0.1) is 0 Å². The van der Waals surface area contributed by atoms with Crippen molar-refractivity contribution in [1.82, 2.24) is 0 Å². The molecule has 0 bridgehead atoms. The van der Waals surface area contributed by atoms with Crippen LogP contribution in [0.1, 0.15) is 343 Å². The van der Waals surface area contributed by atoms with Crippen molar-refractivity contribution in [2.75, 3.05) is 13.2 Å². The molecule has 0 fully saturated rings. The number of carbonyl (C=O) groups excluding carboxylic acids is 3. The van der Waals surface area contributed by atoms with Crippen LogP contribution < -0.4 is 0 Å². The average molecular weight is 948 g/mol. The van der Waals surface area contributed by atoms with Crippen LogP contribution in [-0.4, -0.2) is 37.2 Å². The Balaban J connectivity index is 4.28. The van der Waals surface area contributed by atoms with Crippen molar-refractivity contribution in [3.8, 4) is 0 Å². The Kier molecular flexibility index (Phi) is 52.5. The Bertz CT molecular complexity index is 1030. The van der Waals surface area contributed by atoms with Gasteiger partial charge in [0.25, 0.3) is 0 Å². The van der Waals surface area contributed by atoms with Crippen molar-refractivity contribution in [1.29, 1.82) is 0 Å². The minimum atomic E-state index is -0.763. The summed E-state index contributed by atoms with van der Waals surface area (Å²) in [5.74, 6) is 0.876. The van der Waals surface area contributed by atoms with Gasteiger partial charge in [-0.3, -0.25) is 14.4 Å². The summed E-state index contributed by atoms with van der Waals surface area (Å²) in [5.41, 5.74) is 0. The maximum absolute atomic E-state index is 12.9. The van der Waals surface area contributed by atoms with Crippen LogP contribution >= 0.6 is 0 Å². The van der Waals surface area contributed by atoms with Crippen LogP contribution in [0.2, 0.25) is 0 Å². The second kappa shape index (κ2) is 53.8. The molecule has 6 heteroatoms. The molecular weight excluding hydrogens is 829 g/mol. The van der Waals surface area contributed by atoms with Gasteiger partial charge in [0.1, 0.15) is 13.2 Å². The van der Waals surface area contributed by atoms with Crippen molar-refractivity contribution >= 4 is 17.9 Å². The molecule has 67 heavy (non-hydrogen) atoms. The Morgan fingerprint density at radius 1 is 0.313 bits per heavy atom. The van der Waals surface area contributed by atoms with E-state index in [0.29, 0.717) is 19.3 Å². The van der Waals surface area contributed by atoms with Crippen molar-refractivity contribution in [3.63, 3.8) is 0 Å². The van der Waals surface area contributed by atoms with E-state index in [1.165, 1.54) is 231 Å². The lowest BCUT2D eigenvalue weighted by Gasteiger charge is -2.18. The predicted octanol–water partition coefficient (Wildman–Crippen LogP) is 20.0. The summed E-state index contributed by atoms with van der Waals surface area (Å²) in [6.45, 7) is 11.4. The highest BCUT2D eigenvalue weighted by Gasteiger charge is 2.19. The van der Waals surface area contributed by atoms with E-state index >= 15 is 0 Å². The summed E-state index contributed by atoms with van der Waals surface area (Å²) < 4.78 is 16.9. The molecule has 1 unspecified atom stereocenters. The fraction of sp³-hybridized carbons (Fsp3) is 0.951. The van der Waals surface area contributed by atoms with Crippen molar-refractivity contribution in [3.05, 3.63) is 0 Å². The second-order valence-corrected chi connectivity index (χ2v) is 21.7. The summed E-state index contributed by atoms with van der Waals surface area (Å²) in [6, 6.07) is 0. The third-order valence-electron chi connectivity index (χ3n) is 14.3. The Hall–Kier alpha value is -1.59. The molecule has 0 aliphatic rings. The van der Waals surface area contributed by atoms with Crippen LogP contribution in [0.15, 0.2) is 0 Å². The summed E-state index contributed by atoms with van der Waals surface area (Å²) >= 11 is 0. The van der Waals surface area contributed by atoms with E-state index in [4.69, 9.17) is 14.2 Å². The highest BCUT2D eigenvalue weighted by molar-refractivity contribution is 5.71. The summed E-state index contributed by atoms with van der Waals surface area (Å²) in [4.78, 5) is 38.2. The maximum Gasteiger partial charge on any atom is 0.306 e. The normalized spacial score (nSPS) is 12.4. The van der Waals surface area contributed by atoms with Gasteiger partial charge in [-0.05, 0) is 31.1 Å². The van der Waals surface area contributed by atoms with Gasteiger partial charge in [-0.1, -0.05) is 304 Å². The van der Waals surface area contributed by atoms with E-state index in [0.717, 1.165) is 69.6 Å². The Morgan fingerprint density at radius 2 is 0.567 bits per heavy atom. The number of carbonyl (C=O) groups is 3. The fourth-order valence-corrected chi connectivity index (χ4v) is 9.37. The summed E-state index contributed by atoms with van der Waals surface area (Å²) in [7, 11) is 0. The van der Waals surface area contributed by atoms with Crippen LogP contribution in [-0.2, 0) is 28.6 Å². The molecule has 0 radical (unpaired) electrons. The predicted molar refractivity (Wildman–Crippen MR) is 289 cm³/mol. The third kappa shape index (κ3) is 53.6. The van der Waals surface area contributed by atoms with E-state index in [9.17, 15) is 14.4 Å². The molecule has 0 aliphatic carbocycles.